The van der Waals surface area contributed by atoms with Gasteiger partial charge >= 0.3 is 17.9 Å². The summed E-state index contributed by atoms with van der Waals surface area (Å²) in [5.41, 5.74) is 3.56. The predicted molar refractivity (Wildman–Crippen MR) is 216 cm³/mol. The number of hydrogen-bond donors (Lipinski definition) is 0. The van der Waals surface area contributed by atoms with Gasteiger partial charge in [0.2, 0.25) is 12.4 Å². The van der Waals surface area contributed by atoms with Gasteiger partial charge in [-0.1, -0.05) is 121 Å². The Morgan fingerprint density at radius 3 is 1.32 bits per heavy atom. The third-order valence-corrected chi connectivity index (χ3v) is 10.2. The van der Waals surface area contributed by atoms with Crippen LogP contribution in [0.15, 0.2) is 121 Å². The number of carbonyl (C=O) groups excluding carboxylic acids is 4. The molecule has 0 bridgehead atoms. The summed E-state index contributed by atoms with van der Waals surface area (Å²) in [7, 11) is 0. The first kappa shape index (κ1) is 44.3. The molecule has 0 aromatic heterocycles. The number of rotatable bonds is 18. The van der Waals surface area contributed by atoms with Crippen LogP contribution in [-0.4, -0.2) is 85.4 Å². The Morgan fingerprint density at radius 2 is 0.867 bits per heavy atom. The quantitative estimate of drug-likeness (QED) is 0.0843. The molecule has 4 aromatic rings. The highest BCUT2D eigenvalue weighted by molar-refractivity contribution is 5.81. The topological polar surface area (TPSA) is 151 Å². The summed E-state index contributed by atoms with van der Waals surface area (Å²) in [6.07, 6.45) is -10.7. The van der Waals surface area contributed by atoms with Crippen molar-refractivity contribution in [1.29, 1.82) is 0 Å². The lowest BCUT2D eigenvalue weighted by Gasteiger charge is -2.52. The molecule has 6 rings (SSSR count). The van der Waals surface area contributed by atoms with Gasteiger partial charge in [-0.2, -0.15) is 0 Å². The van der Waals surface area contributed by atoms with Crippen molar-refractivity contribution in [2.24, 2.45) is 5.92 Å². The zero-order valence-corrected chi connectivity index (χ0v) is 34.2. The van der Waals surface area contributed by atoms with Crippen LogP contribution in [0.3, 0.4) is 0 Å². The van der Waals surface area contributed by atoms with Gasteiger partial charge in [0.25, 0.3) is 0 Å². The third-order valence-electron chi connectivity index (χ3n) is 10.2. The number of hydrogen-bond acceptors (Lipinski definition) is 13. The number of esters is 3. The molecule has 318 valence electrons. The zero-order chi connectivity index (χ0) is 42.4. The monoisotopic (exact) mass is 824 g/mol. The minimum Gasteiger partial charge on any atom is -0.457 e. The fourth-order valence-corrected chi connectivity index (χ4v) is 7.60. The summed E-state index contributed by atoms with van der Waals surface area (Å²) in [5, 5.41) is 0. The van der Waals surface area contributed by atoms with Gasteiger partial charge in [-0.05, 0) is 29.2 Å². The maximum Gasteiger partial charge on any atom is 0.305 e. The van der Waals surface area contributed by atoms with E-state index in [1.54, 1.807) is 0 Å². The second-order valence-electron chi connectivity index (χ2n) is 14.8. The molecule has 1 unspecified atom stereocenters. The summed E-state index contributed by atoms with van der Waals surface area (Å²) >= 11 is 0. The van der Waals surface area contributed by atoms with Crippen LogP contribution in [0.5, 0.6) is 0 Å². The summed E-state index contributed by atoms with van der Waals surface area (Å²) in [5.74, 6) is -4.10. The first-order chi connectivity index (χ1) is 29.1. The Balaban J connectivity index is 1.46. The highest BCUT2D eigenvalue weighted by Crippen LogP contribution is 2.41. The van der Waals surface area contributed by atoms with E-state index in [2.05, 4.69) is 0 Å². The number of ketones is 1. The Kier molecular flexibility index (Phi) is 16.1. The molecule has 0 amide bonds. The number of carbonyl (C=O) groups is 4. The lowest BCUT2D eigenvalue weighted by atomic mass is 9.79. The van der Waals surface area contributed by atoms with Gasteiger partial charge in [0.1, 0.15) is 42.4 Å². The fraction of sp³-hybridized carbons (Fsp3) is 0.404. The number of benzene rings is 4. The molecule has 0 aliphatic carbocycles. The summed E-state index contributed by atoms with van der Waals surface area (Å²) < 4.78 is 57.3. The second-order valence-corrected chi connectivity index (χ2v) is 14.8. The van der Waals surface area contributed by atoms with Crippen molar-refractivity contribution in [2.45, 2.75) is 109 Å². The van der Waals surface area contributed by atoms with Gasteiger partial charge in [-0.25, -0.2) is 0 Å². The molecule has 10 atom stereocenters. The van der Waals surface area contributed by atoms with E-state index in [0.29, 0.717) is 0 Å². The van der Waals surface area contributed by atoms with Gasteiger partial charge in [0.05, 0.1) is 39.0 Å². The average Bonchev–Trinajstić information content (AvgIpc) is 3.23. The lowest BCUT2D eigenvalue weighted by molar-refractivity contribution is -0.333. The van der Waals surface area contributed by atoms with Crippen LogP contribution < -0.4 is 0 Å². The van der Waals surface area contributed by atoms with Gasteiger partial charge in [-0.15, -0.1) is 0 Å². The van der Waals surface area contributed by atoms with E-state index in [9.17, 15) is 19.2 Å². The maximum atomic E-state index is 13.9. The van der Waals surface area contributed by atoms with Crippen LogP contribution >= 0.6 is 0 Å². The first-order valence-electron chi connectivity index (χ1n) is 20.0. The van der Waals surface area contributed by atoms with E-state index < -0.39 is 84.7 Å². The van der Waals surface area contributed by atoms with E-state index in [1.807, 2.05) is 121 Å². The molecule has 0 saturated carbocycles. The predicted octanol–water partition coefficient (Wildman–Crippen LogP) is 6.08. The Morgan fingerprint density at radius 1 is 0.450 bits per heavy atom. The molecule has 2 fully saturated rings. The normalized spacial score (nSPS) is 26.4. The molecule has 13 heteroatoms. The minimum absolute atomic E-state index is 0.00966. The number of ether oxygens (including phenoxy) is 9. The van der Waals surface area contributed by atoms with Crippen molar-refractivity contribution in [3.05, 3.63) is 144 Å². The SMILES string of the molecule is CC(=O)OC1O[C@H]([C@@H]2O[C@H](COCc3ccccc3)[C@@H](OCc3ccccc3)[C@H](OCc3ccccc3)[C@H]2OCc2ccccc2)[C@H](C(C)=O)[C@H](OC(C)=O)[C@H]1OC(C)=O. The Bertz CT molecular complexity index is 1960. The van der Waals surface area contributed by atoms with E-state index in [0.717, 1.165) is 36.1 Å². The van der Waals surface area contributed by atoms with E-state index >= 15 is 0 Å². The van der Waals surface area contributed by atoms with Gasteiger partial charge in [0.15, 0.2) is 6.10 Å². The molecular weight excluding hydrogens is 773 g/mol. The second kappa shape index (κ2) is 21.8. The summed E-state index contributed by atoms with van der Waals surface area (Å²) in [6.45, 7) is 5.47. The molecule has 4 aromatic carbocycles. The molecular formula is C47H52O13. The highest BCUT2D eigenvalue weighted by Gasteiger charge is 2.60. The van der Waals surface area contributed by atoms with Crippen LogP contribution in [0, 0.1) is 5.92 Å². The molecule has 0 radical (unpaired) electrons. The molecule has 2 aliphatic rings. The average molecular weight is 825 g/mol. The van der Waals surface area contributed by atoms with Crippen LogP contribution in [0.4, 0.5) is 0 Å². The van der Waals surface area contributed by atoms with Gasteiger partial charge < -0.3 is 42.6 Å². The van der Waals surface area contributed by atoms with E-state index in [1.165, 1.54) is 13.8 Å². The van der Waals surface area contributed by atoms with Crippen molar-refractivity contribution in [1.82, 2.24) is 0 Å². The van der Waals surface area contributed by atoms with Gasteiger partial charge in [0, 0.05) is 20.8 Å². The standard InChI is InChI=1S/C47H52O13/c1-30(48)39-41(60-47(58-33(4)51)46(57-32(3)50)42(39)56-31(2)49)45-44(55-28-37-23-15-8-16-24-37)43(54-27-36-21-13-7-14-22-36)40(53-26-35-19-11-6-12-20-35)38(59-45)29-52-25-34-17-9-5-10-18-34/h5-24,38-47H,25-29H2,1-4H3/t38-,39+,40-,41+,42+,43+,44-,45+,46-,47?/m1/s1. The van der Waals surface area contributed by atoms with Crippen LogP contribution in [-0.2, 0) is 88.2 Å². The van der Waals surface area contributed by atoms with Crippen molar-refractivity contribution >= 4 is 23.7 Å². The molecule has 2 heterocycles. The molecule has 0 spiro atoms. The van der Waals surface area contributed by atoms with Crippen molar-refractivity contribution in [3.63, 3.8) is 0 Å². The summed E-state index contributed by atoms with van der Waals surface area (Å²) in [6, 6.07) is 38.4. The van der Waals surface area contributed by atoms with E-state index in [4.69, 9.17) is 42.6 Å². The molecule has 0 N–H and O–H groups in total. The molecule has 2 saturated heterocycles. The van der Waals surface area contributed by atoms with Crippen LogP contribution in [0.1, 0.15) is 49.9 Å². The Labute approximate surface area is 350 Å². The van der Waals surface area contributed by atoms with Crippen molar-refractivity contribution in [3.8, 4) is 0 Å². The molecule has 2 aliphatic heterocycles. The summed E-state index contributed by atoms with van der Waals surface area (Å²) in [4.78, 5) is 51.6. The van der Waals surface area contributed by atoms with Crippen LogP contribution in [0.25, 0.3) is 0 Å². The largest absolute Gasteiger partial charge is 0.457 e. The molecule has 60 heavy (non-hydrogen) atoms. The van der Waals surface area contributed by atoms with Crippen LogP contribution in [0.2, 0.25) is 0 Å². The highest BCUT2D eigenvalue weighted by atomic mass is 16.7. The third kappa shape index (κ3) is 12.2. The smallest absolute Gasteiger partial charge is 0.305 e. The lowest BCUT2D eigenvalue weighted by Crippen LogP contribution is -2.69. The Hall–Kier alpha value is -5.28. The maximum absolute atomic E-state index is 13.9. The van der Waals surface area contributed by atoms with E-state index in [-0.39, 0.29) is 33.0 Å². The van der Waals surface area contributed by atoms with Crippen molar-refractivity contribution < 1.29 is 61.8 Å². The number of Topliss-reactive ketones (excluding diaryl/α,β-unsaturated/α-hetero) is 1. The van der Waals surface area contributed by atoms with Gasteiger partial charge in [-0.3, -0.25) is 19.2 Å². The minimum atomic E-state index is -1.61. The fourth-order valence-electron chi connectivity index (χ4n) is 7.60. The first-order valence-corrected chi connectivity index (χ1v) is 20.0. The zero-order valence-electron chi connectivity index (χ0n) is 34.2. The van der Waals surface area contributed by atoms with Crippen molar-refractivity contribution in [2.75, 3.05) is 6.61 Å². The molecule has 13 nitrogen and oxygen atoms in total.